The van der Waals surface area contributed by atoms with Crippen molar-refractivity contribution in [3.63, 3.8) is 0 Å². The number of aliphatic hydroxyl groups is 1. The summed E-state index contributed by atoms with van der Waals surface area (Å²) in [6, 6.07) is -0.756. The summed E-state index contributed by atoms with van der Waals surface area (Å²) in [5, 5.41) is 13.6. The number of carbonyl (C=O) groups excluding carboxylic acids is 1. The fraction of sp³-hybridized carbons (Fsp3) is 0.772. The predicted octanol–water partition coefficient (Wildman–Crippen LogP) is 16.3. The lowest BCUT2D eigenvalue weighted by Gasteiger charge is -2.26. The van der Waals surface area contributed by atoms with Gasteiger partial charge < -0.3 is 19.8 Å². The van der Waals surface area contributed by atoms with Crippen molar-refractivity contribution in [2.45, 2.75) is 244 Å². The topological polar surface area (TPSA) is 105 Å². The Balaban J connectivity index is 3.64. The molecule has 3 atom stereocenters. The average Bonchev–Trinajstić information content (AvgIpc) is 3.27. The Morgan fingerprint density at radius 2 is 0.909 bits per heavy atom. The number of phosphoric ester groups is 1. The van der Waals surface area contributed by atoms with Crippen LogP contribution >= 0.6 is 7.82 Å². The molecule has 3 N–H and O–H groups in total. The highest BCUT2D eigenvalue weighted by atomic mass is 31.2. The van der Waals surface area contributed by atoms with E-state index >= 15 is 0 Å². The van der Waals surface area contributed by atoms with Crippen molar-refractivity contribution in [3.8, 4) is 0 Å². The van der Waals surface area contributed by atoms with Gasteiger partial charge in [0.2, 0.25) is 5.91 Å². The van der Waals surface area contributed by atoms with Gasteiger partial charge in [-0.25, -0.2) is 4.57 Å². The molecule has 3 unspecified atom stereocenters. The Morgan fingerprint density at radius 1 is 0.530 bits per heavy atom. The SMILES string of the molecule is CC/C=C\C/C=C\C/C=C\C/C=C\C/C=C\C/C=C\CCCCCCCCCCCCCCCCCCCCCCCCC(=O)NC(COP(=O)(O)OCC[N+](C)(C)C)C(O)CCCCC. The summed E-state index contributed by atoms with van der Waals surface area (Å²) in [6.07, 6.45) is 66.5. The van der Waals surface area contributed by atoms with E-state index in [-0.39, 0.29) is 19.1 Å². The number of likely N-dealkylation sites (N-methyl/N-ethyl adjacent to an activating group) is 1. The van der Waals surface area contributed by atoms with Gasteiger partial charge in [0.05, 0.1) is 39.9 Å². The molecule has 384 valence electrons. The first-order valence-electron chi connectivity index (χ1n) is 27.3. The minimum Gasteiger partial charge on any atom is -0.391 e. The standard InChI is InChI=1S/C57H105N2O6P/c1-6-8-10-11-12-13-14-15-16-17-18-19-20-21-22-23-24-25-26-27-28-29-30-31-32-33-34-35-36-37-38-39-40-41-42-43-44-45-46-47-49-51-57(61)58-55(56(60)50-48-9-7-2)54-65-66(62,63)64-53-52-59(3,4)5/h8,10,12-13,15-16,18-19,21-22,24-25,55-56,60H,6-7,9,11,14,17,20,23,26-54H2,1-5H3,(H-,58,61,62,63)/p+1/b10-8-,13-12-,16-15-,19-18-,22-21-,25-24-. The van der Waals surface area contributed by atoms with Crippen LogP contribution in [0.3, 0.4) is 0 Å². The van der Waals surface area contributed by atoms with E-state index in [1.165, 1.54) is 128 Å². The molecule has 0 saturated carbocycles. The largest absolute Gasteiger partial charge is 0.472 e. The maximum atomic E-state index is 12.7. The fourth-order valence-corrected chi connectivity index (χ4v) is 8.43. The third-order valence-corrected chi connectivity index (χ3v) is 13.0. The van der Waals surface area contributed by atoms with Gasteiger partial charge >= 0.3 is 7.82 Å². The number of quaternary nitrogens is 1. The number of rotatable bonds is 49. The zero-order valence-corrected chi connectivity index (χ0v) is 44.6. The first-order chi connectivity index (χ1) is 32.0. The third kappa shape index (κ3) is 49.8. The first kappa shape index (κ1) is 63.9. The molecule has 0 aromatic carbocycles. The van der Waals surface area contributed by atoms with Gasteiger partial charge in [0.25, 0.3) is 0 Å². The number of hydrogen-bond acceptors (Lipinski definition) is 5. The van der Waals surface area contributed by atoms with E-state index in [1.54, 1.807) is 0 Å². The summed E-state index contributed by atoms with van der Waals surface area (Å²) < 4.78 is 23.3. The predicted molar refractivity (Wildman–Crippen MR) is 286 cm³/mol. The second-order valence-electron chi connectivity index (χ2n) is 19.6. The Labute approximate surface area is 408 Å². The van der Waals surface area contributed by atoms with Crippen LogP contribution in [-0.2, 0) is 18.4 Å². The molecule has 0 bridgehead atoms. The van der Waals surface area contributed by atoms with Crippen LogP contribution < -0.4 is 5.32 Å². The van der Waals surface area contributed by atoms with Crippen molar-refractivity contribution in [1.29, 1.82) is 0 Å². The van der Waals surface area contributed by atoms with E-state index in [4.69, 9.17) is 9.05 Å². The Morgan fingerprint density at radius 3 is 1.30 bits per heavy atom. The van der Waals surface area contributed by atoms with Gasteiger partial charge in [-0.3, -0.25) is 13.8 Å². The van der Waals surface area contributed by atoms with E-state index in [0.717, 1.165) is 77.0 Å². The molecule has 1 amide bonds. The molecule has 0 saturated heterocycles. The number of unbranched alkanes of at least 4 members (excludes halogenated alkanes) is 24. The van der Waals surface area contributed by atoms with Crippen LogP contribution in [0.1, 0.15) is 232 Å². The molecular weight excluding hydrogens is 840 g/mol. The number of carbonyl (C=O) groups is 1. The molecule has 0 heterocycles. The lowest BCUT2D eigenvalue weighted by atomic mass is 10.0. The van der Waals surface area contributed by atoms with E-state index in [1.807, 2.05) is 21.1 Å². The molecule has 0 fully saturated rings. The maximum absolute atomic E-state index is 12.7. The number of hydrogen-bond donors (Lipinski definition) is 3. The minimum atomic E-state index is -4.29. The van der Waals surface area contributed by atoms with Gasteiger partial charge in [-0.15, -0.1) is 0 Å². The normalized spacial score (nSPS) is 14.6. The summed E-state index contributed by atoms with van der Waals surface area (Å²) >= 11 is 0. The smallest absolute Gasteiger partial charge is 0.391 e. The molecule has 9 heteroatoms. The highest BCUT2D eigenvalue weighted by molar-refractivity contribution is 7.47. The Hall–Kier alpha value is -2.06. The number of nitrogens with one attached hydrogen (secondary N) is 1. The highest BCUT2D eigenvalue weighted by Gasteiger charge is 2.28. The van der Waals surface area contributed by atoms with Crippen LogP contribution in [0.25, 0.3) is 0 Å². The lowest BCUT2D eigenvalue weighted by Crippen LogP contribution is -2.46. The van der Waals surface area contributed by atoms with Crippen molar-refractivity contribution in [1.82, 2.24) is 5.32 Å². The third-order valence-electron chi connectivity index (χ3n) is 12.0. The van der Waals surface area contributed by atoms with Gasteiger partial charge in [0.15, 0.2) is 0 Å². The van der Waals surface area contributed by atoms with Gasteiger partial charge in [-0.05, 0) is 64.2 Å². The molecule has 66 heavy (non-hydrogen) atoms. The van der Waals surface area contributed by atoms with Crippen LogP contribution in [0, 0.1) is 0 Å². The maximum Gasteiger partial charge on any atom is 0.472 e. The first-order valence-corrected chi connectivity index (χ1v) is 28.8. The van der Waals surface area contributed by atoms with Crippen LogP contribution in [0.5, 0.6) is 0 Å². The van der Waals surface area contributed by atoms with E-state index in [0.29, 0.717) is 23.9 Å². The Kier molecular flexibility index (Phi) is 46.5. The molecule has 0 aliphatic heterocycles. The van der Waals surface area contributed by atoms with Gasteiger partial charge in [-0.2, -0.15) is 0 Å². The monoisotopic (exact) mass is 946 g/mol. The van der Waals surface area contributed by atoms with E-state index < -0.39 is 20.0 Å². The number of aliphatic hydroxyl groups excluding tert-OH is 1. The van der Waals surface area contributed by atoms with Crippen LogP contribution in [0.2, 0.25) is 0 Å². The number of phosphoric acid groups is 1. The number of nitrogens with zero attached hydrogens (tertiary/aromatic N) is 1. The molecular formula is C57H106N2O6P+. The van der Waals surface area contributed by atoms with Crippen molar-refractivity contribution >= 4 is 13.7 Å². The fourth-order valence-electron chi connectivity index (χ4n) is 7.70. The number of amides is 1. The van der Waals surface area contributed by atoms with Crippen LogP contribution in [0.4, 0.5) is 0 Å². The summed E-state index contributed by atoms with van der Waals surface area (Å²) in [5.74, 6) is -0.155. The van der Waals surface area contributed by atoms with Gasteiger partial charge in [0.1, 0.15) is 13.2 Å². The molecule has 0 spiro atoms. The summed E-state index contributed by atoms with van der Waals surface area (Å²) in [4.78, 5) is 22.9. The quantitative estimate of drug-likeness (QED) is 0.0243. The Bertz CT molecular complexity index is 1300. The zero-order chi connectivity index (χ0) is 48.5. The van der Waals surface area contributed by atoms with Crippen molar-refractivity contribution < 1.29 is 32.9 Å². The minimum absolute atomic E-state index is 0.0728. The van der Waals surface area contributed by atoms with E-state index in [9.17, 15) is 19.4 Å². The molecule has 0 aromatic rings. The van der Waals surface area contributed by atoms with E-state index in [2.05, 4.69) is 92.1 Å². The highest BCUT2D eigenvalue weighted by Crippen LogP contribution is 2.43. The van der Waals surface area contributed by atoms with Crippen molar-refractivity contribution in [2.24, 2.45) is 0 Å². The zero-order valence-electron chi connectivity index (χ0n) is 43.7. The summed E-state index contributed by atoms with van der Waals surface area (Å²) in [7, 11) is 1.61. The molecule has 0 aliphatic rings. The van der Waals surface area contributed by atoms with Crippen LogP contribution in [0.15, 0.2) is 72.9 Å². The number of allylic oxidation sites excluding steroid dienone is 12. The van der Waals surface area contributed by atoms with Crippen molar-refractivity contribution in [3.05, 3.63) is 72.9 Å². The second kappa shape index (κ2) is 48.0. The summed E-state index contributed by atoms with van der Waals surface area (Å²) in [5.41, 5.74) is 0. The molecule has 8 nitrogen and oxygen atoms in total. The molecule has 0 rings (SSSR count). The molecule has 0 aliphatic carbocycles. The second-order valence-corrected chi connectivity index (χ2v) is 21.0. The van der Waals surface area contributed by atoms with Crippen LogP contribution in [-0.4, -0.2) is 73.4 Å². The molecule has 0 aromatic heterocycles. The molecule has 0 radical (unpaired) electrons. The average molecular weight is 946 g/mol. The lowest BCUT2D eigenvalue weighted by molar-refractivity contribution is -0.870. The summed E-state index contributed by atoms with van der Waals surface area (Å²) in [6.45, 7) is 4.61. The van der Waals surface area contributed by atoms with Gasteiger partial charge in [-0.1, -0.05) is 234 Å². The van der Waals surface area contributed by atoms with Crippen molar-refractivity contribution in [2.75, 3.05) is 40.9 Å². The van der Waals surface area contributed by atoms with Gasteiger partial charge in [0, 0.05) is 6.42 Å².